The highest BCUT2D eigenvalue weighted by Gasteiger charge is 2.20. The SMILES string of the molecule is CCOC(=O)Cn1c(C)cn2c3c(=O)n(C/C=C/c4ccccc4)c(=O)n(C)c3nc12. The number of rotatable bonds is 6. The molecule has 0 unspecified atom stereocenters. The smallest absolute Gasteiger partial charge is 0.332 e. The number of hydrogen-bond acceptors (Lipinski definition) is 5. The van der Waals surface area contributed by atoms with E-state index in [1.807, 2.05) is 43.3 Å². The minimum atomic E-state index is -0.454. The van der Waals surface area contributed by atoms with Gasteiger partial charge in [0.1, 0.15) is 6.54 Å². The number of esters is 1. The number of aryl methyl sites for hydroxylation is 2. The first-order chi connectivity index (χ1) is 14.9. The van der Waals surface area contributed by atoms with Gasteiger partial charge < -0.3 is 9.30 Å². The van der Waals surface area contributed by atoms with E-state index in [9.17, 15) is 14.4 Å². The van der Waals surface area contributed by atoms with Crippen molar-refractivity contribution in [3.8, 4) is 0 Å². The number of allylic oxidation sites excluding steroid dienone is 1. The Kier molecular flexibility index (Phi) is 5.33. The van der Waals surface area contributed by atoms with Crippen molar-refractivity contribution in [2.24, 2.45) is 7.05 Å². The van der Waals surface area contributed by atoms with E-state index in [4.69, 9.17) is 4.74 Å². The number of ether oxygens (including phenoxy) is 1. The quantitative estimate of drug-likeness (QED) is 0.442. The van der Waals surface area contributed by atoms with Gasteiger partial charge in [-0.1, -0.05) is 42.5 Å². The molecule has 0 fully saturated rings. The van der Waals surface area contributed by atoms with Crippen LogP contribution in [0.25, 0.3) is 23.0 Å². The third kappa shape index (κ3) is 3.58. The molecule has 0 spiro atoms. The number of carbonyl (C=O) groups excluding carboxylic acids is 1. The number of aromatic nitrogens is 5. The number of fused-ring (bicyclic) bond motifs is 3. The third-order valence-electron chi connectivity index (χ3n) is 5.13. The van der Waals surface area contributed by atoms with Gasteiger partial charge in [0.2, 0.25) is 5.78 Å². The number of hydrogen-bond donors (Lipinski definition) is 0. The topological polar surface area (TPSA) is 92.5 Å². The zero-order valence-electron chi connectivity index (χ0n) is 17.6. The molecule has 1 aromatic carbocycles. The molecule has 0 aliphatic rings. The molecule has 0 amide bonds. The maximum Gasteiger partial charge on any atom is 0.332 e. The highest BCUT2D eigenvalue weighted by atomic mass is 16.5. The van der Waals surface area contributed by atoms with Crippen LogP contribution in [0.2, 0.25) is 0 Å². The van der Waals surface area contributed by atoms with Crippen LogP contribution >= 0.6 is 0 Å². The first-order valence-electron chi connectivity index (χ1n) is 9.97. The number of carbonyl (C=O) groups is 1. The Labute approximate surface area is 177 Å². The highest BCUT2D eigenvalue weighted by molar-refractivity contribution is 5.77. The zero-order chi connectivity index (χ0) is 22.1. The molecule has 3 heterocycles. The van der Waals surface area contributed by atoms with Crippen molar-refractivity contribution in [3.63, 3.8) is 0 Å². The van der Waals surface area contributed by atoms with Gasteiger partial charge in [0.05, 0.1) is 6.61 Å². The van der Waals surface area contributed by atoms with E-state index < -0.39 is 17.2 Å². The lowest BCUT2D eigenvalue weighted by atomic mass is 10.2. The first kappa shape index (κ1) is 20.4. The molecule has 9 heteroatoms. The zero-order valence-corrected chi connectivity index (χ0v) is 17.6. The molecular formula is C22H23N5O4. The predicted molar refractivity (Wildman–Crippen MR) is 117 cm³/mol. The standard InChI is InChI=1S/C22H23N5O4/c1-4-31-17(28)14-26-15(2)13-27-18-19(23-21(26)27)24(3)22(30)25(20(18)29)12-8-11-16-9-6-5-7-10-16/h5-11,13H,4,12,14H2,1-3H3/b11-8+. The molecule has 0 saturated heterocycles. The lowest BCUT2D eigenvalue weighted by Gasteiger charge is -2.06. The predicted octanol–water partition coefficient (Wildman–Crippen LogP) is 1.73. The van der Waals surface area contributed by atoms with Gasteiger partial charge in [-0.2, -0.15) is 4.98 Å². The molecule has 0 atom stereocenters. The van der Waals surface area contributed by atoms with Crippen LogP contribution in [0, 0.1) is 6.92 Å². The van der Waals surface area contributed by atoms with E-state index in [1.54, 1.807) is 35.2 Å². The van der Waals surface area contributed by atoms with Crippen LogP contribution < -0.4 is 11.2 Å². The fourth-order valence-corrected chi connectivity index (χ4v) is 3.61. The molecule has 0 saturated carbocycles. The molecule has 0 bridgehead atoms. The van der Waals surface area contributed by atoms with E-state index in [0.29, 0.717) is 5.78 Å². The second-order valence-corrected chi connectivity index (χ2v) is 7.19. The molecule has 0 aliphatic heterocycles. The average molecular weight is 421 g/mol. The van der Waals surface area contributed by atoms with E-state index in [1.165, 1.54) is 9.13 Å². The third-order valence-corrected chi connectivity index (χ3v) is 5.13. The Hall–Kier alpha value is -3.88. The van der Waals surface area contributed by atoms with Crippen molar-refractivity contribution in [1.29, 1.82) is 0 Å². The summed E-state index contributed by atoms with van der Waals surface area (Å²) in [6.07, 6.45) is 5.38. The summed E-state index contributed by atoms with van der Waals surface area (Å²) in [4.78, 5) is 42.5. The van der Waals surface area contributed by atoms with Crippen molar-refractivity contribution in [2.45, 2.75) is 26.9 Å². The molecule has 0 aliphatic carbocycles. The van der Waals surface area contributed by atoms with Crippen molar-refractivity contribution in [3.05, 3.63) is 74.7 Å². The van der Waals surface area contributed by atoms with Crippen molar-refractivity contribution in [2.75, 3.05) is 6.61 Å². The Morgan fingerprint density at radius 2 is 1.90 bits per heavy atom. The van der Waals surface area contributed by atoms with Crippen LogP contribution in [0.5, 0.6) is 0 Å². The fourth-order valence-electron chi connectivity index (χ4n) is 3.61. The molecule has 3 aromatic heterocycles. The largest absolute Gasteiger partial charge is 0.465 e. The maximum absolute atomic E-state index is 13.2. The average Bonchev–Trinajstić information content (AvgIpc) is 3.26. The van der Waals surface area contributed by atoms with Gasteiger partial charge in [0, 0.05) is 25.5 Å². The van der Waals surface area contributed by atoms with Crippen molar-refractivity contribution >= 4 is 29.0 Å². The summed E-state index contributed by atoms with van der Waals surface area (Å²) in [5.41, 5.74) is 1.40. The number of imidazole rings is 2. The second-order valence-electron chi connectivity index (χ2n) is 7.19. The summed E-state index contributed by atoms with van der Waals surface area (Å²) >= 11 is 0. The molecular weight excluding hydrogens is 398 g/mol. The lowest BCUT2D eigenvalue weighted by Crippen LogP contribution is -2.39. The summed E-state index contributed by atoms with van der Waals surface area (Å²) in [6, 6.07) is 9.64. The van der Waals surface area contributed by atoms with Crippen LogP contribution in [0.4, 0.5) is 0 Å². The van der Waals surface area contributed by atoms with Gasteiger partial charge in [0.25, 0.3) is 5.56 Å². The lowest BCUT2D eigenvalue weighted by molar-refractivity contribution is -0.143. The molecule has 0 radical (unpaired) electrons. The first-order valence-corrected chi connectivity index (χ1v) is 9.97. The van der Waals surface area contributed by atoms with Gasteiger partial charge in [-0.15, -0.1) is 0 Å². The molecule has 4 rings (SSSR count). The monoisotopic (exact) mass is 421 g/mol. The van der Waals surface area contributed by atoms with Crippen LogP contribution in [0.3, 0.4) is 0 Å². The second kappa shape index (κ2) is 8.10. The molecule has 0 N–H and O–H groups in total. The summed E-state index contributed by atoms with van der Waals surface area (Å²) < 4.78 is 10.9. The Bertz CT molecular complexity index is 1420. The maximum atomic E-state index is 13.2. The normalized spacial score (nSPS) is 11.7. The van der Waals surface area contributed by atoms with Crippen molar-refractivity contribution in [1.82, 2.24) is 23.1 Å². The van der Waals surface area contributed by atoms with Gasteiger partial charge in [-0.25, -0.2) is 4.79 Å². The van der Waals surface area contributed by atoms with E-state index in [0.717, 1.165) is 11.3 Å². The minimum absolute atomic E-state index is 0.0263. The summed E-state index contributed by atoms with van der Waals surface area (Å²) in [6.45, 7) is 3.95. The van der Waals surface area contributed by atoms with Crippen LogP contribution in [-0.4, -0.2) is 35.7 Å². The molecule has 9 nitrogen and oxygen atoms in total. The molecule has 4 aromatic rings. The van der Waals surface area contributed by atoms with Gasteiger partial charge in [0.15, 0.2) is 11.2 Å². The summed E-state index contributed by atoms with van der Waals surface area (Å²) in [5.74, 6) is 0.0123. The minimum Gasteiger partial charge on any atom is -0.465 e. The summed E-state index contributed by atoms with van der Waals surface area (Å²) in [7, 11) is 1.58. The summed E-state index contributed by atoms with van der Waals surface area (Å²) in [5, 5.41) is 0. The van der Waals surface area contributed by atoms with Gasteiger partial charge in [-0.05, 0) is 19.4 Å². The Morgan fingerprint density at radius 1 is 1.16 bits per heavy atom. The Morgan fingerprint density at radius 3 is 2.61 bits per heavy atom. The number of nitrogens with zero attached hydrogens (tertiary/aromatic N) is 5. The van der Waals surface area contributed by atoms with Crippen LogP contribution in [-0.2, 0) is 29.7 Å². The van der Waals surface area contributed by atoms with Crippen LogP contribution in [0.15, 0.2) is 52.2 Å². The van der Waals surface area contributed by atoms with Gasteiger partial charge in [-0.3, -0.25) is 23.1 Å². The van der Waals surface area contributed by atoms with E-state index >= 15 is 0 Å². The number of benzene rings is 1. The van der Waals surface area contributed by atoms with Crippen LogP contribution in [0.1, 0.15) is 18.2 Å². The highest BCUT2D eigenvalue weighted by Crippen LogP contribution is 2.16. The van der Waals surface area contributed by atoms with Gasteiger partial charge >= 0.3 is 11.7 Å². The Balaban J connectivity index is 1.82. The fraction of sp³-hybridized carbons (Fsp3) is 0.273. The van der Waals surface area contributed by atoms with E-state index in [2.05, 4.69) is 4.98 Å². The molecule has 160 valence electrons. The molecule has 31 heavy (non-hydrogen) atoms. The van der Waals surface area contributed by atoms with E-state index in [-0.39, 0.29) is 30.9 Å². The van der Waals surface area contributed by atoms with Crippen molar-refractivity contribution < 1.29 is 9.53 Å².